The largest absolute Gasteiger partial charge is 0.378 e. The fourth-order valence-electron chi connectivity index (χ4n) is 2.69. The Morgan fingerprint density at radius 1 is 0.607 bits per heavy atom. The van der Waals surface area contributed by atoms with E-state index < -0.39 is 19.7 Å². The molecule has 2 aromatic carbocycles. The molecule has 0 aliphatic rings. The second-order valence-corrected chi connectivity index (χ2v) is 10.5. The first-order valence-electron chi connectivity index (χ1n) is 8.96. The Bertz CT molecular complexity index is 900. The van der Waals surface area contributed by atoms with Gasteiger partial charge in [-0.2, -0.15) is 0 Å². The Kier molecular flexibility index (Phi) is 8.18. The molecule has 0 saturated heterocycles. The molecule has 28 heavy (non-hydrogen) atoms. The fourth-order valence-corrected chi connectivity index (χ4v) is 5.49. The number of rotatable bonds is 11. The first kappa shape index (κ1) is 22.5. The molecule has 0 aliphatic heterocycles. The Morgan fingerprint density at radius 2 is 0.964 bits per heavy atom. The third-order valence-electron chi connectivity index (χ3n) is 4.22. The maximum absolute atomic E-state index is 12.3. The van der Waals surface area contributed by atoms with E-state index in [0.717, 1.165) is 0 Å². The zero-order valence-electron chi connectivity index (χ0n) is 16.1. The van der Waals surface area contributed by atoms with Crippen LogP contribution in [0, 0.1) is 13.8 Å². The highest BCUT2D eigenvalue weighted by molar-refractivity contribution is 7.91. The van der Waals surface area contributed by atoms with E-state index in [2.05, 4.69) is 0 Å². The Hall–Kier alpha value is -1.74. The summed E-state index contributed by atoms with van der Waals surface area (Å²) in [7, 11) is -6.78. The van der Waals surface area contributed by atoms with Crippen LogP contribution in [-0.2, 0) is 29.1 Å². The zero-order chi connectivity index (χ0) is 20.6. The van der Waals surface area contributed by atoms with Crippen LogP contribution < -0.4 is 0 Å². The maximum atomic E-state index is 12.3. The second-order valence-electron chi connectivity index (χ2n) is 6.39. The van der Waals surface area contributed by atoms with Crippen LogP contribution in [0.4, 0.5) is 0 Å². The van der Waals surface area contributed by atoms with Gasteiger partial charge in [0.1, 0.15) is 0 Å². The normalized spacial score (nSPS) is 12.2. The van der Waals surface area contributed by atoms with Gasteiger partial charge in [-0.05, 0) is 37.1 Å². The van der Waals surface area contributed by atoms with E-state index in [1.165, 1.54) is 0 Å². The maximum Gasteiger partial charge on any atom is 0.180 e. The first-order chi connectivity index (χ1) is 13.2. The van der Waals surface area contributed by atoms with Gasteiger partial charge < -0.3 is 9.47 Å². The summed E-state index contributed by atoms with van der Waals surface area (Å²) in [5, 5.41) is 0. The van der Waals surface area contributed by atoms with Crippen molar-refractivity contribution in [1.82, 2.24) is 0 Å². The van der Waals surface area contributed by atoms with Crippen molar-refractivity contribution in [3.05, 3.63) is 59.7 Å². The minimum absolute atomic E-state index is 0.0571. The van der Waals surface area contributed by atoms with Crippen LogP contribution in [-0.4, -0.2) is 54.8 Å². The summed E-state index contributed by atoms with van der Waals surface area (Å²) < 4.78 is 59.8. The summed E-state index contributed by atoms with van der Waals surface area (Å²) in [6, 6.07) is 13.7. The van der Waals surface area contributed by atoms with E-state index in [0.29, 0.717) is 20.9 Å². The molecule has 6 nitrogen and oxygen atoms in total. The molecule has 0 atom stereocenters. The predicted octanol–water partition coefficient (Wildman–Crippen LogP) is 2.58. The lowest BCUT2D eigenvalue weighted by Crippen LogP contribution is -2.17. The van der Waals surface area contributed by atoms with Gasteiger partial charge in [0.05, 0.1) is 47.7 Å². The van der Waals surface area contributed by atoms with Crippen LogP contribution in [0.1, 0.15) is 11.1 Å². The monoisotopic (exact) mass is 426 g/mol. The van der Waals surface area contributed by atoms with Crippen molar-refractivity contribution in [2.75, 3.05) is 37.9 Å². The molecule has 0 saturated carbocycles. The van der Waals surface area contributed by atoms with Gasteiger partial charge in [0, 0.05) is 0 Å². The quantitative estimate of drug-likeness (QED) is 0.513. The minimum Gasteiger partial charge on any atom is -0.378 e. The molecule has 0 spiro atoms. The third-order valence-corrected chi connectivity index (χ3v) is 7.89. The van der Waals surface area contributed by atoms with Crippen molar-refractivity contribution < 1.29 is 26.3 Å². The molecule has 0 unspecified atom stereocenters. The Morgan fingerprint density at radius 3 is 1.32 bits per heavy atom. The highest BCUT2D eigenvalue weighted by Crippen LogP contribution is 2.16. The lowest BCUT2D eigenvalue weighted by atomic mass is 10.2. The van der Waals surface area contributed by atoms with Crippen LogP contribution in [0.3, 0.4) is 0 Å². The van der Waals surface area contributed by atoms with E-state index in [1.807, 2.05) is 0 Å². The molecule has 2 aromatic rings. The number of aryl methyl sites for hydroxylation is 2. The molecule has 0 N–H and O–H groups in total. The molecule has 0 bridgehead atoms. The molecule has 154 valence electrons. The molecule has 0 amide bonds. The summed E-state index contributed by atoms with van der Waals surface area (Å²) in [4.78, 5) is 0.632. The molecule has 2 rings (SSSR count). The molecular formula is C20H26O6S2. The number of sulfone groups is 2. The predicted molar refractivity (Wildman–Crippen MR) is 108 cm³/mol. The van der Waals surface area contributed by atoms with Gasteiger partial charge in [-0.15, -0.1) is 0 Å². The molecule has 0 aromatic heterocycles. The van der Waals surface area contributed by atoms with Crippen molar-refractivity contribution in [2.45, 2.75) is 23.6 Å². The molecule has 0 fully saturated rings. The third kappa shape index (κ3) is 6.41. The van der Waals surface area contributed by atoms with E-state index in [4.69, 9.17) is 9.47 Å². The minimum atomic E-state index is -3.39. The average Bonchev–Trinajstić information content (AvgIpc) is 2.64. The number of benzene rings is 2. The highest BCUT2D eigenvalue weighted by Gasteiger charge is 2.17. The molecular weight excluding hydrogens is 400 g/mol. The van der Waals surface area contributed by atoms with Gasteiger partial charge in [-0.25, -0.2) is 16.8 Å². The fraction of sp³-hybridized carbons (Fsp3) is 0.400. The van der Waals surface area contributed by atoms with Crippen molar-refractivity contribution in [1.29, 1.82) is 0 Å². The van der Waals surface area contributed by atoms with E-state index >= 15 is 0 Å². The summed E-state index contributed by atoms with van der Waals surface area (Å²) in [6.07, 6.45) is 0. The van der Waals surface area contributed by atoms with Crippen molar-refractivity contribution in [3.63, 3.8) is 0 Å². The topological polar surface area (TPSA) is 86.7 Å². The molecule has 0 heterocycles. The molecule has 0 aliphatic carbocycles. The van der Waals surface area contributed by atoms with Gasteiger partial charge in [0.25, 0.3) is 0 Å². The Balaban J connectivity index is 1.66. The SMILES string of the molecule is Cc1ccccc1S(=O)(=O)CCOCCOCCS(=O)(=O)c1ccccc1C. The first-order valence-corrected chi connectivity index (χ1v) is 12.3. The molecule has 8 heteroatoms. The van der Waals surface area contributed by atoms with Crippen LogP contribution in [0.2, 0.25) is 0 Å². The smallest absolute Gasteiger partial charge is 0.180 e. The van der Waals surface area contributed by atoms with Gasteiger partial charge in [-0.3, -0.25) is 0 Å². The second kappa shape index (κ2) is 10.2. The molecule has 0 radical (unpaired) electrons. The summed E-state index contributed by atoms with van der Waals surface area (Å²) in [5.41, 5.74) is 1.42. The summed E-state index contributed by atoms with van der Waals surface area (Å²) in [6.45, 7) is 4.03. The lowest BCUT2D eigenvalue weighted by Gasteiger charge is -2.09. The zero-order valence-corrected chi connectivity index (χ0v) is 17.8. The van der Waals surface area contributed by atoms with Crippen LogP contribution >= 0.6 is 0 Å². The lowest BCUT2D eigenvalue weighted by molar-refractivity contribution is 0.0597. The highest BCUT2D eigenvalue weighted by atomic mass is 32.2. The van der Waals surface area contributed by atoms with Gasteiger partial charge in [-0.1, -0.05) is 36.4 Å². The van der Waals surface area contributed by atoms with Gasteiger partial charge in [0.2, 0.25) is 0 Å². The number of ether oxygens (including phenoxy) is 2. The van der Waals surface area contributed by atoms with Crippen LogP contribution in [0.25, 0.3) is 0 Å². The number of hydrogen-bond donors (Lipinski definition) is 0. The van der Waals surface area contributed by atoms with E-state index in [-0.39, 0.29) is 37.9 Å². The summed E-state index contributed by atoms with van der Waals surface area (Å²) >= 11 is 0. The van der Waals surface area contributed by atoms with E-state index in [1.54, 1.807) is 62.4 Å². The van der Waals surface area contributed by atoms with Gasteiger partial charge in [0.15, 0.2) is 19.7 Å². The van der Waals surface area contributed by atoms with E-state index in [9.17, 15) is 16.8 Å². The van der Waals surface area contributed by atoms with Crippen LogP contribution in [0.5, 0.6) is 0 Å². The van der Waals surface area contributed by atoms with Crippen molar-refractivity contribution >= 4 is 19.7 Å². The van der Waals surface area contributed by atoms with Crippen molar-refractivity contribution in [2.24, 2.45) is 0 Å². The van der Waals surface area contributed by atoms with Gasteiger partial charge >= 0.3 is 0 Å². The standard InChI is InChI=1S/C20H26O6S2/c1-17-7-3-5-9-19(17)27(21,22)15-13-25-11-12-26-14-16-28(23,24)20-10-6-4-8-18(20)2/h3-10H,11-16H2,1-2H3. The average molecular weight is 427 g/mol. The van der Waals surface area contributed by atoms with Crippen molar-refractivity contribution in [3.8, 4) is 0 Å². The summed E-state index contributed by atoms with van der Waals surface area (Å²) in [5.74, 6) is -0.223. The van der Waals surface area contributed by atoms with Crippen LogP contribution in [0.15, 0.2) is 58.3 Å². The number of hydrogen-bond acceptors (Lipinski definition) is 6. The Labute approximate surface area is 167 Å².